The third-order valence-corrected chi connectivity index (χ3v) is 2.82. The summed E-state index contributed by atoms with van der Waals surface area (Å²) in [6, 6.07) is 8.46. The van der Waals surface area contributed by atoms with E-state index >= 15 is 0 Å². The van der Waals surface area contributed by atoms with Crippen molar-refractivity contribution < 1.29 is 13.5 Å². The first kappa shape index (κ1) is 14.3. The van der Waals surface area contributed by atoms with E-state index in [4.69, 9.17) is 0 Å². The predicted molar refractivity (Wildman–Crippen MR) is 70.4 cm³/mol. The molecule has 1 atom stereocenters. The van der Waals surface area contributed by atoms with Crippen LogP contribution in [0.5, 0.6) is 5.75 Å². The molecule has 1 N–H and O–H groups in total. The Bertz CT molecular complexity index is 537. The number of alkyl halides is 2. The Morgan fingerprint density at radius 3 is 2.85 bits per heavy atom. The number of hydrogen-bond donors (Lipinski definition) is 1. The van der Waals surface area contributed by atoms with Crippen LogP contribution in [-0.2, 0) is 6.54 Å². The van der Waals surface area contributed by atoms with E-state index in [-0.39, 0.29) is 11.8 Å². The molecular formula is C14H15F2N3O. The zero-order valence-corrected chi connectivity index (χ0v) is 11.0. The van der Waals surface area contributed by atoms with Gasteiger partial charge in [0.1, 0.15) is 12.1 Å². The Morgan fingerprint density at radius 1 is 1.30 bits per heavy atom. The van der Waals surface area contributed by atoms with Crippen LogP contribution in [0.1, 0.15) is 24.2 Å². The number of hydrogen-bond acceptors (Lipinski definition) is 4. The summed E-state index contributed by atoms with van der Waals surface area (Å²) in [5.74, 6) is 0.160. The highest BCUT2D eigenvalue weighted by molar-refractivity contribution is 5.30. The van der Waals surface area contributed by atoms with E-state index in [0.717, 1.165) is 11.3 Å². The summed E-state index contributed by atoms with van der Waals surface area (Å²) in [6.45, 7) is -0.290. The van der Waals surface area contributed by atoms with E-state index < -0.39 is 6.61 Å². The summed E-state index contributed by atoms with van der Waals surface area (Å²) in [4.78, 5) is 7.95. The molecule has 0 fully saturated rings. The van der Waals surface area contributed by atoms with E-state index in [1.54, 1.807) is 18.3 Å². The van der Waals surface area contributed by atoms with Gasteiger partial charge < -0.3 is 10.1 Å². The number of ether oxygens (including phenoxy) is 1. The fraction of sp³-hybridized carbons (Fsp3) is 0.286. The zero-order valence-electron chi connectivity index (χ0n) is 11.0. The van der Waals surface area contributed by atoms with Crippen LogP contribution in [0.2, 0.25) is 0 Å². The molecule has 1 unspecified atom stereocenters. The molecule has 2 aromatic rings. The second-order valence-corrected chi connectivity index (χ2v) is 4.25. The molecule has 1 aromatic heterocycles. The van der Waals surface area contributed by atoms with Gasteiger partial charge >= 0.3 is 6.61 Å². The normalized spacial score (nSPS) is 12.4. The van der Waals surface area contributed by atoms with Crippen molar-refractivity contribution in [3.63, 3.8) is 0 Å². The lowest BCUT2D eigenvalue weighted by atomic mass is 10.1. The maximum atomic E-state index is 12.2. The van der Waals surface area contributed by atoms with E-state index in [1.165, 1.54) is 12.4 Å². The largest absolute Gasteiger partial charge is 0.435 e. The van der Waals surface area contributed by atoms with Gasteiger partial charge in [-0.15, -0.1) is 0 Å². The summed E-state index contributed by atoms with van der Waals surface area (Å²) >= 11 is 0. The predicted octanol–water partition coefficient (Wildman–Crippen LogP) is 2.93. The summed E-state index contributed by atoms with van der Waals surface area (Å²) in [6.07, 6.45) is 3.16. The number of rotatable bonds is 6. The van der Waals surface area contributed by atoms with Gasteiger partial charge in [0.25, 0.3) is 0 Å². The smallest absolute Gasteiger partial charge is 0.387 e. The Labute approximate surface area is 115 Å². The van der Waals surface area contributed by atoms with Gasteiger partial charge in [0.2, 0.25) is 0 Å². The van der Waals surface area contributed by atoms with Crippen molar-refractivity contribution >= 4 is 0 Å². The topological polar surface area (TPSA) is 47.0 Å². The average molecular weight is 279 g/mol. The Morgan fingerprint density at radius 2 is 2.15 bits per heavy atom. The molecule has 106 valence electrons. The van der Waals surface area contributed by atoms with Gasteiger partial charge in [-0.05, 0) is 30.7 Å². The lowest BCUT2D eigenvalue weighted by Crippen LogP contribution is -2.18. The minimum atomic E-state index is -2.81. The second kappa shape index (κ2) is 6.91. The molecule has 20 heavy (non-hydrogen) atoms. The number of aromatic nitrogens is 2. The van der Waals surface area contributed by atoms with Gasteiger partial charge in [-0.2, -0.15) is 8.78 Å². The van der Waals surface area contributed by atoms with Gasteiger partial charge in [0.05, 0.1) is 5.69 Å². The van der Waals surface area contributed by atoms with Gasteiger partial charge in [0, 0.05) is 18.8 Å². The maximum Gasteiger partial charge on any atom is 0.387 e. The minimum Gasteiger partial charge on any atom is -0.435 e. The molecule has 0 radical (unpaired) electrons. The standard InChI is InChI=1S/C14H15F2N3O/c1-10(18-8-12-5-6-17-9-19-12)11-3-2-4-13(7-11)20-14(15)16/h2-7,9-10,14,18H,8H2,1H3. The number of benzene rings is 1. The Kier molecular flexibility index (Phi) is 4.95. The molecule has 0 spiro atoms. The third kappa shape index (κ3) is 4.24. The second-order valence-electron chi connectivity index (χ2n) is 4.25. The zero-order chi connectivity index (χ0) is 14.4. The number of nitrogens with zero attached hydrogens (tertiary/aromatic N) is 2. The fourth-order valence-electron chi connectivity index (χ4n) is 1.76. The van der Waals surface area contributed by atoms with E-state index in [1.807, 2.05) is 19.1 Å². The van der Waals surface area contributed by atoms with E-state index in [0.29, 0.717) is 6.54 Å². The lowest BCUT2D eigenvalue weighted by Gasteiger charge is -2.15. The highest BCUT2D eigenvalue weighted by Crippen LogP contribution is 2.20. The average Bonchev–Trinajstić information content (AvgIpc) is 2.45. The lowest BCUT2D eigenvalue weighted by molar-refractivity contribution is -0.0499. The van der Waals surface area contributed by atoms with Crippen molar-refractivity contribution in [1.82, 2.24) is 15.3 Å². The first-order valence-electron chi connectivity index (χ1n) is 6.18. The van der Waals surface area contributed by atoms with Crippen LogP contribution in [0.4, 0.5) is 8.78 Å². The highest BCUT2D eigenvalue weighted by atomic mass is 19.3. The molecule has 6 heteroatoms. The maximum absolute atomic E-state index is 12.2. The Balaban J connectivity index is 1.96. The van der Waals surface area contributed by atoms with Gasteiger partial charge in [-0.1, -0.05) is 12.1 Å². The third-order valence-electron chi connectivity index (χ3n) is 2.82. The molecule has 2 rings (SSSR count). The van der Waals surface area contributed by atoms with Gasteiger partial charge in [0.15, 0.2) is 0 Å². The van der Waals surface area contributed by atoms with Crippen LogP contribution in [0.15, 0.2) is 42.9 Å². The summed E-state index contributed by atoms with van der Waals surface area (Å²) in [5.41, 5.74) is 1.74. The van der Waals surface area contributed by atoms with Crippen LogP contribution in [0.25, 0.3) is 0 Å². The van der Waals surface area contributed by atoms with Crippen molar-refractivity contribution in [3.05, 3.63) is 54.1 Å². The first-order chi connectivity index (χ1) is 9.65. The summed E-state index contributed by atoms with van der Waals surface area (Å²) in [5, 5.41) is 3.26. The van der Waals surface area contributed by atoms with Crippen LogP contribution in [-0.4, -0.2) is 16.6 Å². The summed E-state index contributed by atoms with van der Waals surface area (Å²) < 4.78 is 28.7. The van der Waals surface area contributed by atoms with Crippen molar-refractivity contribution in [3.8, 4) is 5.75 Å². The quantitative estimate of drug-likeness (QED) is 0.883. The monoisotopic (exact) mass is 279 g/mol. The van der Waals surface area contributed by atoms with Crippen LogP contribution >= 0.6 is 0 Å². The van der Waals surface area contributed by atoms with Crippen molar-refractivity contribution in [2.45, 2.75) is 26.1 Å². The van der Waals surface area contributed by atoms with Gasteiger partial charge in [-0.25, -0.2) is 9.97 Å². The van der Waals surface area contributed by atoms with Crippen LogP contribution in [0, 0.1) is 0 Å². The Hall–Kier alpha value is -2.08. The molecule has 0 saturated carbocycles. The number of nitrogens with one attached hydrogen (secondary N) is 1. The molecule has 0 aliphatic rings. The van der Waals surface area contributed by atoms with Crippen LogP contribution < -0.4 is 10.1 Å². The van der Waals surface area contributed by atoms with Crippen LogP contribution in [0.3, 0.4) is 0 Å². The van der Waals surface area contributed by atoms with E-state index in [2.05, 4.69) is 20.0 Å². The van der Waals surface area contributed by atoms with Crippen molar-refractivity contribution in [2.24, 2.45) is 0 Å². The molecular weight excluding hydrogens is 264 g/mol. The molecule has 0 amide bonds. The molecule has 1 aromatic carbocycles. The molecule has 4 nitrogen and oxygen atoms in total. The van der Waals surface area contributed by atoms with E-state index in [9.17, 15) is 8.78 Å². The summed E-state index contributed by atoms with van der Waals surface area (Å²) in [7, 11) is 0. The highest BCUT2D eigenvalue weighted by Gasteiger charge is 2.09. The number of halogens is 2. The minimum absolute atomic E-state index is 0.00816. The molecule has 0 saturated heterocycles. The fourth-order valence-corrected chi connectivity index (χ4v) is 1.76. The van der Waals surface area contributed by atoms with Crippen molar-refractivity contribution in [2.75, 3.05) is 0 Å². The molecule has 0 bridgehead atoms. The van der Waals surface area contributed by atoms with Gasteiger partial charge in [-0.3, -0.25) is 0 Å². The molecule has 0 aliphatic heterocycles. The first-order valence-corrected chi connectivity index (χ1v) is 6.18. The van der Waals surface area contributed by atoms with Crippen molar-refractivity contribution in [1.29, 1.82) is 0 Å². The SMILES string of the molecule is CC(NCc1ccncn1)c1cccc(OC(F)F)c1. The molecule has 0 aliphatic carbocycles. The molecule has 1 heterocycles.